The monoisotopic (exact) mass is 411 g/mol. The molecule has 1 fully saturated rings. The standard InChI is InChI=1S/C20H22FN7O2/c1-22-14-5-11(21)3-4-12(14)16(23-2)15-7-26-18-17(28-15)13(6-25-18)19(29)27-10-20(30)8-24-9-20/h3-7,22,24,30H,8-10H2,1-2H3,(H,25,26)(H,27,29)/b23-16+. The summed E-state index contributed by atoms with van der Waals surface area (Å²) in [5, 5.41) is 18.8. The Labute approximate surface area is 171 Å². The number of H-pyrrole nitrogens is 1. The van der Waals surface area contributed by atoms with E-state index >= 15 is 0 Å². The Kier molecular flexibility index (Phi) is 5.18. The van der Waals surface area contributed by atoms with Gasteiger partial charge in [0.2, 0.25) is 0 Å². The number of β-amino-alcohol motifs (C(OH)–C–C–N with tert-alkyl or cyclic N) is 1. The molecule has 0 saturated carbocycles. The molecule has 0 radical (unpaired) electrons. The summed E-state index contributed by atoms with van der Waals surface area (Å²) >= 11 is 0. The summed E-state index contributed by atoms with van der Waals surface area (Å²) in [4.78, 5) is 28.9. The second-order valence-electron chi connectivity index (χ2n) is 7.18. The average molecular weight is 411 g/mol. The van der Waals surface area contributed by atoms with Crippen molar-refractivity contribution in [2.75, 3.05) is 39.0 Å². The average Bonchev–Trinajstić information content (AvgIpc) is 3.15. The largest absolute Gasteiger partial charge is 0.387 e. The van der Waals surface area contributed by atoms with Crippen LogP contribution in [0, 0.1) is 5.82 Å². The molecule has 0 unspecified atom stereocenters. The first-order chi connectivity index (χ1) is 14.4. The molecule has 0 bridgehead atoms. The van der Waals surface area contributed by atoms with Crippen LogP contribution in [0.2, 0.25) is 0 Å². The van der Waals surface area contributed by atoms with Crippen molar-refractivity contribution in [1.29, 1.82) is 0 Å². The van der Waals surface area contributed by atoms with Gasteiger partial charge in [0.25, 0.3) is 5.91 Å². The van der Waals surface area contributed by atoms with Gasteiger partial charge in [0.1, 0.15) is 22.6 Å². The lowest BCUT2D eigenvalue weighted by Crippen LogP contribution is -2.64. The third kappa shape index (κ3) is 3.62. The Bertz CT molecular complexity index is 1140. The number of nitrogens with zero attached hydrogens (tertiary/aromatic N) is 3. The molecule has 156 valence electrons. The molecule has 3 aromatic rings. The Morgan fingerprint density at radius 1 is 1.37 bits per heavy atom. The highest BCUT2D eigenvalue weighted by Gasteiger charge is 2.34. The van der Waals surface area contributed by atoms with Gasteiger partial charge < -0.3 is 26.0 Å². The quantitative estimate of drug-likeness (QED) is 0.380. The van der Waals surface area contributed by atoms with E-state index in [9.17, 15) is 14.3 Å². The van der Waals surface area contributed by atoms with Gasteiger partial charge in [-0.1, -0.05) is 0 Å². The van der Waals surface area contributed by atoms with Gasteiger partial charge in [0, 0.05) is 51.2 Å². The second kappa shape index (κ2) is 7.81. The molecule has 0 atom stereocenters. The number of fused-ring (bicyclic) bond motifs is 1. The summed E-state index contributed by atoms with van der Waals surface area (Å²) < 4.78 is 13.6. The predicted molar refractivity (Wildman–Crippen MR) is 112 cm³/mol. The van der Waals surface area contributed by atoms with Crippen molar-refractivity contribution >= 4 is 28.5 Å². The van der Waals surface area contributed by atoms with Gasteiger partial charge in [-0.3, -0.25) is 9.79 Å². The number of aliphatic imine (C=N–C) groups is 1. The number of aliphatic hydroxyl groups is 1. The van der Waals surface area contributed by atoms with Crippen molar-refractivity contribution in [2.45, 2.75) is 5.60 Å². The normalized spacial score (nSPS) is 15.7. The van der Waals surface area contributed by atoms with E-state index in [-0.39, 0.29) is 18.3 Å². The summed E-state index contributed by atoms with van der Waals surface area (Å²) in [5.74, 6) is -0.728. The van der Waals surface area contributed by atoms with Gasteiger partial charge in [0.05, 0.1) is 17.5 Å². The molecule has 30 heavy (non-hydrogen) atoms. The maximum absolute atomic E-state index is 13.6. The molecule has 5 N–H and O–H groups in total. The number of carbonyl (C=O) groups excluding carboxylic acids is 1. The third-order valence-electron chi connectivity index (χ3n) is 5.08. The fourth-order valence-electron chi connectivity index (χ4n) is 3.36. The predicted octanol–water partition coefficient (Wildman–Crippen LogP) is 0.670. The number of hydrogen-bond acceptors (Lipinski definition) is 7. The minimum absolute atomic E-state index is 0.140. The van der Waals surface area contributed by atoms with E-state index in [1.165, 1.54) is 18.3 Å². The number of hydrogen-bond donors (Lipinski definition) is 5. The molecule has 9 nitrogen and oxygen atoms in total. The van der Waals surface area contributed by atoms with Gasteiger partial charge in [0.15, 0.2) is 5.65 Å². The SMILES string of the molecule is C/N=C(/c1cnc2[nH]cc(C(=O)NCC3(O)CNC3)c2n1)c1ccc(F)cc1NC. The molecular formula is C20H22FN7O2. The molecule has 2 aromatic heterocycles. The maximum Gasteiger partial charge on any atom is 0.255 e. The van der Waals surface area contributed by atoms with Crippen molar-refractivity contribution in [3.63, 3.8) is 0 Å². The number of nitrogens with one attached hydrogen (secondary N) is 4. The molecule has 10 heteroatoms. The Hall–Kier alpha value is -3.37. The van der Waals surface area contributed by atoms with Crippen LogP contribution in [0.3, 0.4) is 0 Å². The lowest BCUT2D eigenvalue weighted by Gasteiger charge is -2.37. The highest BCUT2D eigenvalue weighted by Crippen LogP contribution is 2.22. The summed E-state index contributed by atoms with van der Waals surface area (Å²) in [6.45, 7) is 1.02. The van der Waals surface area contributed by atoms with Crippen molar-refractivity contribution in [3.8, 4) is 0 Å². The van der Waals surface area contributed by atoms with E-state index in [4.69, 9.17) is 0 Å². The Morgan fingerprint density at radius 2 is 2.17 bits per heavy atom. The van der Waals surface area contributed by atoms with Gasteiger partial charge in [-0.05, 0) is 18.2 Å². The van der Waals surface area contributed by atoms with E-state index in [0.29, 0.717) is 52.5 Å². The number of aromatic amines is 1. The van der Waals surface area contributed by atoms with Crippen LogP contribution in [0.15, 0.2) is 35.6 Å². The Morgan fingerprint density at radius 3 is 2.83 bits per heavy atom. The first-order valence-electron chi connectivity index (χ1n) is 9.44. The zero-order valence-electron chi connectivity index (χ0n) is 16.6. The first-order valence-corrected chi connectivity index (χ1v) is 9.44. The summed E-state index contributed by atoms with van der Waals surface area (Å²) in [6.07, 6.45) is 3.08. The fraction of sp³-hybridized carbons (Fsp3) is 0.300. The van der Waals surface area contributed by atoms with E-state index < -0.39 is 5.60 Å². The van der Waals surface area contributed by atoms with Crippen LogP contribution < -0.4 is 16.0 Å². The molecule has 1 aromatic carbocycles. The minimum Gasteiger partial charge on any atom is -0.387 e. The van der Waals surface area contributed by atoms with Crippen LogP contribution in [-0.2, 0) is 0 Å². The lowest BCUT2D eigenvalue weighted by molar-refractivity contribution is -0.00758. The highest BCUT2D eigenvalue weighted by molar-refractivity contribution is 6.15. The molecular weight excluding hydrogens is 389 g/mol. The Balaban J connectivity index is 1.67. The van der Waals surface area contributed by atoms with Gasteiger partial charge in [-0.25, -0.2) is 14.4 Å². The zero-order valence-corrected chi connectivity index (χ0v) is 16.6. The van der Waals surface area contributed by atoms with Crippen molar-refractivity contribution in [1.82, 2.24) is 25.6 Å². The third-order valence-corrected chi connectivity index (χ3v) is 5.08. The maximum atomic E-state index is 13.6. The van der Waals surface area contributed by atoms with E-state index in [1.54, 1.807) is 26.4 Å². The number of aromatic nitrogens is 3. The first kappa shape index (κ1) is 19.9. The number of rotatable bonds is 6. The van der Waals surface area contributed by atoms with Crippen molar-refractivity contribution < 1.29 is 14.3 Å². The van der Waals surface area contributed by atoms with E-state index in [1.807, 2.05) is 0 Å². The fourth-order valence-corrected chi connectivity index (χ4v) is 3.36. The summed E-state index contributed by atoms with van der Waals surface area (Å²) in [7, 11) is 3.31. The van der Waals surface area contributed by atoms with Crippen LogP contribution in [0.1, 0.15) is 21.6 Å². The number of halogens is 1. The molecule has 0 aliphatic carbocycles. The molecule has 0 spiro atoms. The number of benzene rings is 1. The molecule has 4 rings (SSSR count). The van der Waals surface area contributed by atoms with Gasteiger partial charge >= 0.3 is 0 Å². The second-order valence-corrected chi connectivity index (χ2v) is 7.18. The molecule has 1 amide bonds. The van der Waals surface area contributed by atoms with Crippen LogP contribution in [0.5, 0.6) is 0 Å². The smallest absolute Gasteiger partial charge is 0.255 e. The van der Waals surface area contributed by atoms with Crippen LogP contribution in [-0.4, -0.2) is 71.0 Å². The van der Waals surface area contributed by atoms with E-state index in [2.05, 4.69) is 35.9 Å². The minimum atomic E-state index is -0.924. The number of anilines is 1. The van der Waals surface area contributed by atoms with Gasteiger partial charge in [-0.15, -0.1) is 0 Å². The lowest BCUT2D eigenvalue weighted by atomic mass is 9.97. The molecule has 1 aliphatic heterocycles. The zero-order chi connectivity index (χ0) is 21.3. The number of amides is 1. The summed E-state index contributed by atoms with van der Waals surface area (Å²) in [6, 6.07) is 4.34. The topological polar surface area (TPSA) is 127 Å². The van der Waals surface area contributed by atoms with Crippen molar-refractivity contribution in [2.24, 2.45) is 4.99 Å². The van der Waals surface area contributed by atoms with Crippen LogP contribution >= 0.6 is 0 Å². The molecule has 1 aliphatic rings. The van der Waals surface area contributed by atoms with Gasteiger partial charge in [-0.2, -0.15) is 0 Å². The summed E-state index contributed by atoms with van der Waals surface area (Å²) in [5.41, 5.74) is 2.42. The highest BCUT2D eigenvalue weighted by atomic mass is 19.1. The number of carbonyl (C=O) groups is 1. The molecule has 3 heterocycles. The van der Waals surface area contributed by atoms with Crippen LogP contribution in [0.25, 0.3) is 11.2 Å². The van der Waals surface area contributed by atoms with Crippen molar-refractivity contribution in [3.05, 3.63) is 53.2 Å². The molecule has 1 saturated heterocycles. The van der Waals surface area contributed by atoms with Crippen LogP contribution in [0.4, 0.5) is 10.1 Å². The van der Waals surface area contributed by atoms with E-state index in [0.717, 1.165) is 0 Å².